The molecule has 3 heterocycles. The second-order valence-electron chi connectivity index (χ2n) is 5.71. The van der Waals surface area contributed by atoms with Crippen molar-refractivity contribution in [2.75, 3.05) is 0 Å². The molecule has 0 bridgehead atoms. The molecule has 3 aromatic rings. The summed E-state index contributed by atoms with van der Waals surface area (Å²) in [5.74, 6) is -0.429. The fraction of sp³-hybridized carbons (Fsp3) is 0.105. The van der Waals surface area contributed by atoms with Gasteiger partial charge in [-0.1, -0.05) is 18.2 Å². The van der Waals surface area contributed by atoms with Crippen LogP contribution in [-0.4, -0.2) is 20.8 Å². The molecule has 0 saturated heterocycles. The molecule has 5 heteroatoms. The van der Waals surface area contributed by atoms with Crippen LogP contribution in [0.2, 0.25) is 0 Å². The number of halogens is 1. The quantitative estimate of drug-likeness (QED) is 0.743. The van der Waals surface area contributed by atoms with E-state index < -0.39 is 0 Å². The number of fused-ring (bicyclic) bond motifs is 1. The van der Waals surface area contributed by atoms with E-state index in [1.165, 1.54) is 6.07 Å². The van der Waals surface area contributed by atoms with Gasteiger partial charge in [-0.05, 0) is 29.8 Å². The number of nitrogens with zero attached hydrogens (tertiary/aromatic N) is 3. The predicted octanol–water partition coefficient (Wildman–Crippen LogP) is 3.44. The Labute approximate surface area is 138 Å². The lowest BCUT2D eigenvalue weighted by molar-refractivity contribution is 0.0765. The van der Waals surface area contributed by atoms with Crippen molar-refractivity contribution in [2.24, 2.45) is 0 Å². The Hall–Kier alpha value is -3.08. The number of carbonyl (C=O) groups is 1. The minimum atomic E-state index is -0.326. The number of hydrogen-bond donors (Lipinski definition) is 0. The molecular formula is C19H14FN3O. The zero-order chi connectivity index (χ0) is 16.5. The molecule has 0 radical (unpaired) electrons. The van der Waals surface area contributed by atoms with E-state index in [-0.39, 0.29) is 18.3 Å². The Kier molecular flexibility index (Phi) is 3.54. The van der Waals surface area contributed by atoms with Crippen LogP contribution >= 0.6 is 0 Å². The number of rotatable bonds is 3. The van der Waals surface area contributed by atoms with Crippen LogP contribution < -0.4 is 0 Å². The largest absolute Gasteiger partial charge is 0.328 e. The minimum absolute atomic E-state index is 0.103. The van der Waals surface area contributed by atoms with Crippen molar-refractivity contribution >= 4 is 5.91 Å². The molecule has 1 aliphatic rings. The molecule has 118 valence electrons. The smallest absolute Gasteiger partial charge is 0.256 e. The molecule has 0 unspecified atom stereocenters. The van der Waals surface area contributed by atoms with Gasteiger partial charge >= 0.3 is 0 Å². The van der Waals surface area contributed by atoms with E-state index in [4.69, 9.17) is 0 Å². The highest BCUT2D eigenvalue weighted by Crippen LogP contribution is 2.25. The van der Waals surface area contributed by atoms with E-state index in [1.54, 1.807) is 41.7 Å². The minimum Gasteiger partial charge on any atom is -0.328 e. The summed E-state index contributed by atoms with van der Waals surface area (Å²) in [6.45, 7) is 0.646. The monoisotopic (exact) mass is 319 g/mol. The van der Waals surface area contributed by atoms with Gasteiger partial charge in [0.1, 0.15) is 5.82 Å². The summed E-state index contributed by atoms with van der Waals surface area (Å²) in [4.78, 5) is 22.2. The Bertz CT molecular complexity index is 911. The first-order chi connectivity index (χ1) is 11.7. The zero-order valence-electron chi connectivity index (χ0n) is 12.8. The van der Waals surface area contributed by atoms with Crippen LogP contribution in [0.25, 0.3) is 11.1 Å². The van der Waals surface area contributed by atoms with Crippen molar-refractivity contribution in [1.82, 2.24) is 14.9 Å². The first-order valence-corrected chi connectivity index (χ1v) is 7.64. The SMILES string of the molecule is O=C1c2cccnc2CN1Cc1ccc(-c2cccnc2)cc1F. The fourth-order valence-electron chi connectivity index (χ4n) is 2.90. The number of hydrogen-bond acceptors (Lipinski definition) is 3. The van der Waals surface area contributed by atoms with Gasteiger partial charge < -0.3 is 4.90 Å². The van der Waals surface area contributed by atoms with Gasteiger partial charge in [-0.3, -0.25) is 14.8 Å². The van der Waals surface area contributed by atoms with Crippen LogP contribution in [0.5, 0.6) is 0 Å². The van der Waals surface area contributed by atoms with Gasteiger partial charge in [-0.2, -0.15) is 0 Å². The van der Waals surface area contributed by atoms with E-state index >= 15 is 0 Å². The van der Waals surface area contributed by atoms with E-state index in [2.05, 4.69) is 9.97 Å². The highest BCUT2D eigenvalue weighted by atomic mass is 19.1. The molecule has 0 atom stereocenters. The van der Waals surface area contributed by atoms with Crippen LogP contribution in [0.15, 0.2) is 61.1 Å². The second-order valence-corrected chi connectivity index (χ2v) is 5.71. The zero-order valence-corrected chi connectivity index (χ0v) is 12.8. The molecule has 1 aromatic carbocycles. The molecule has 24 heavy (non-hydrogen) atoms. The van der Waals surface area contributed by atoms with Crippen molar-refractivity contribution in [3.8, 4) is 11.1 Å². The lowest BCUT2D eigenvalue weighted by Crippen LogP contribution is -2.23. The summed E-state index contributed by atoms with van der Waals surface area (Å²) >= 11 is 0. The molecule has 0 saturated carbocycles. The van der Waals surface area contributed by atoms with E-state index in [0.29, 0.717) is 17.7 Å². The van der Waals surface area contributed by atoms with Crippen molar-refractivity contribution in [3.05, 3.63) is 83.7 Å². The molecule has 0 spiro atoms. The lowest BCUT2D eigenvalue weighted by atomic mass is 10.0. The summed E-state index contributed by atoms with van der Waals surface area (Å²) in [5.41, 5.74) is 3.46. The molecule has 0 aliphatic carbocycles. The third kappa shape index (κ3) is 2.54. The van der Waals surface area contributed by atoms with Gasteiger partial charge in [0.2, 0.25) is 0 Å². The van der Waals surface area contributed by atoms with Crippen LogP contribution in [0.4, 0.5) is 4.39 Å². The second kappa shape index (κ2) is 5.85. The summed E-state index contributed by atoms with van der Waals surface area (Å²) in [7, 11) is 0. The summed E-state index contributed by atoms with van der Waals surface area (Å²) in [6, 6.07) is 12.2. The lowest BCUT2D eigenvalue weighted by Gasteiger charge is -2.16. The number of benzene rings is 1. The first-order valence-electron chi connectivity index (χ1n) is 7.64. The molecule has 0 fully saturated rings. The maximum atomic E-state index is 14.5. The van der Waals surface area contributed by atoms with Gasteiger partial charge in [-0.15, -0.1) is 0 Å². The van der Waals surface area contributed by atoms with Crippen LogP contribution in [0, 0.1) is 5.82 Å². The first kappa shape index (κ1) is 14.5. The highest BCUT2D eigenvalue weighted by Gasteiger charge is 2.28. The molecular weight excluding hydrogens is 305 g/mol. The van der Waals surface area contributed by atoms with Gasteiger partial charge in [-0.25, -0.2) is 4.39 Å². The summed E-state index contributed by atoms with van der Waals surface area (Å²) < 4.78 is 14.5. The topological polar surface area (TPSA) is 46.1 Å². The number of amides is 1. The number of pyridine rings is 2. The number of carbonyl (C=O) groups excluding carboxylic acids is 1. The summed E-state index contributed by atoms with van der Waals surface area (Å²) in [5, 5.41) is 0. The molecule has 0 N–H and O–H groups in total. The predicted molar refractivity (Wildman–Crippen MR) is 87.4 cm³/mol. The van der Waals surface area contributed by atoms with Crippen molar-refractivity contribution in [2.45, 2.75) is 13.1 Å². The van der Waals surface area contributed by atoms with E-state index in [1.807, 2.05) is 18.2 Å². The highest BCUT2D eigenvalue weighted by molar-refractivity contribution is 5.97. The normalized spacial score (nSPS) is 13.2. The van der Waals surface area contributed by atoms with Crippen molar-refractivity contribution in [3.63, 3.8) is 0 Å². The van der Waals surface area contributed by atoms with Crippen molar-refractivity contribution < 1.29 is 9.18 Å². The van der Waals surface area contributed by atoms with Gasteiger partial charge in [0.25, 0.3) is 5.91 Å². The van der Waals surface area contributed by atoms with Crippen LogP contribution in [0.3, 0.4) is 0 Å². The van der Waals surface area contributed by atoms with Crippen molar-refractivity contribution in [1.29, 1.82) is 0 Å². The van der Waals surface area contributed by atoms with E-state index in [9.17, 15) is 9.18 Å². The van der Waals surface area contributed by atoms with Crippen LogP contribution in [-0.2, 0) is 13.1 Å². The third-order valence-corrected chi connectivity index (χ3v) is 4.16. The average molecular weight is 319 g/mol. The fourth-order valence-corrected chi connectivity index (χ4v) is 2.90. The number of aromatic nitrogens is 2. The molecule has 2 aromatic heterocycles. The average Bonchev–Trinajstić information content (AvgIpc) is 2.94. The Morgan fingerprint density at radius 3 is 2.71 bits per heavy atom. The molecule has 1 aliphatic heterocycles. The Balaban J connectivity index is 1.57. The molecule has 1 amide bonds. The standard InChI is InChI=1S/C19H14FN3O/c20-17-9-13(14-3-1-7-21-10-14)5-6-15(17)11-23-12-18-16(19(23)24)4-2-8-22-18/h1-10H,11-12H2. The maximum Gasteiger partial charge on any atom is 0.256 e. The van der Waals surface area contributed by atoms with Gasteiger partial charge in [0.15, 0.2) is 0 Å². The summed E-state index contributed by atoms with van der Waals surface area (Å²) in [6.07, 6.45) is 5.04. The van der Waals surface area contributed by atoms with Gasteiger partial charge in [0.05, 0.1) is 17.8 Å². The van der Waals surface area contributed by atoms with Crippen LogP contribution in [0.1, 0.15) is 21.6 Å². The van der Waals surface area contributed by atoms with Gasteiger partial charge in [0, 0.05) is 36.3 Å². The third-order valence-electron chi connectivity index (χ3n) is 4.16. The molecule has 4 rings (SSSR count). The Morgan fingerprint density at radius 1 is 1.08 bits per heavy atom. The maximum absolute atomic E-state index is 14.5. The van der Waals surface area contributed by atoms with E-state index in [0.717, 1.165) is 16.8 Å². The Morgan fingerprint density at radius 2 is 1.96 bits per heavy atom. The molecule has 4 nitrogen and oxygen atoms in total.